The largest absolute Gasteiger partial charge is 0.497 e. The summed E-state index contributed by atoms with van der Waals surface area (Å²) in [7, 11) is -0.571. The first-order valence-corrected chi connectivity index (χ1v) is 8.39. The van der Waals surface area contributed by atoms with Gasteiger partial charge in [0.05, 0.1) is 7.11 Å². The summed E-state index contributed by atoms with van der Waals surface area (Å²) in [5.41, 5.74) is 0. The Kier molecular flexibility index (Phi) is 3.82. The van der Waals surface area contributed by atoms with E-state index < -0.39 is 8.07 Å². The lowest BCUT2D eigenvalue weighted by molar-refractivity contribution is -0.110. The van der Waals surface area contributed by atoms with Gasteiger partial charge in [0.15, 0.2) is 8.07 Å². The second-order valence-electron chi connectivity index (χ2n) is 5.63. The summed E-state index contributed by atoms with van der Waals surface area (Å²) in [5.74, 6) is 0.840. The summed E-state index contributed by atoms with van der Waals surface area (Å²) in [6.07, 6.45) is 0. The fraction of sp³-hybridized carbons (Fsp3) is 0.500. The zero-order valence-corrected chi connectivity index (χ0v) is 12.6. The monoisotopic (exact) mass is 250 g/mol. The lowest BCUT2D eigenvalue weighted by Gasteiger charge is -2.38. The summed E-state index contributed by atoms with van der Waals surface area (Å²) in [4.78, 5) is 12.2. The maximum atomic E-state index is 12.2. The van der Waals surface area contributed by atoms with Gasteiger partial charge in [-0.3, -0.25) is 0 Å². The molecular formula is C14H22O2Si. The molecule has 0 radical (unpaired) electrons. The molecule has 2 nitrogen and oxygen atoms in total. The first-order chi connectivity index (χ1) is 7.75. The first kappa shape index (κ1) is 14.0. The smallest absolute Gasteiger partial charge is 0.169 e. The highest BCUT2D eigenvalue weighted by Gasteiger charge is 2.47. The van der Waals surface area contributed by atoms with E-state index in [1.54, 1.807) is 14.0 Å². The fourth-order valence-corrected chi connectivity index (χ4v) is 5.53. The lowest BCUT2D eigenvalue weighted by atomic mass is 10.2. The molecule has 3 heteroatoms. The summed E-state index contributed by atoms with van der Waals surface area (Å²) >= 11 is 0. The van der Waals surface area contributed by atoms with E-state index >= 15 is 0 Å². The Labute approximate surface area is 105 Å². The van der Waals surface area contributed by atoms with Crippen molar-refractivity contribution < 1.29 is 9.53 Å². The zero-order chi connectivity index (χ0) is 13.3. The van der Waals surface area contributed by atoms with Crippen molar-refractivity contribution in [3.8, 4) is 5.75 Å². The van der Waals surface area contributed by atoms with E-state index in [4.69, 9.17) is 4.74 Å². The fourth-order valence-electron chi connectivity index (χ4n) is 2.18. The van der Waals surface area contributed by atoms with Crippen LogP contribution in [0.1, 0.15) is 27.7 Å². The SMILES string of the molecule is COc1ccccc1[Si](C)(C(C)=O)C(C)(C)C. The van der Waals surface area contributed by atoms with Crippen molar-refractivity contribution in [2.45, 2.75) is 39.3 Å². The van der Waals surface area contributed by atoms with E-state index in [2.05, 4.69) is 27.3 Å². The maximum Gasteiger partial charge on any atom is 0.169 e. The van der Waals surface area contributed by atoms with Crippen LogP contribution in [0.5, 0.6) is 5.75 Å². The number of para-hydroxylation sites is 1. The number of methoxy groups -OCH3 is 1. The third kappa shape index (κ3) is 2.29. The quantitative estimate of drug-likeness (QED) is 0.771. The molecule has 0 aliphatic heterocycles. The average Bonchev–Trinajstić information content (AvgIpc) is 2.26. The Balaban J connectivity index is 3.49. The highest BCUT2D eigenvalue weighted by molar-refractivity contribution is 7.15. The van der Waals surface area contributed by atoms with Crippen LogP contribution in [0, 0.1) is 0 Å². The van der Waals surface area contributed by atoms with Crippen LogP contribution in [0.3, 0.4) is 0 Å². The summed E-state index contributed by atoms with van der Waals surface area (Å²) in [6.45, 7) is 10.3. The van der Waals surface area contributed by atoms with E-state index in [-0.39, 0.29) is 5.04 Å². The highest BCUT2D eigenvalue weighted by atomic mass is 28.3. The van der Waals surface area contributed by atoms with Gasteiger partial charge in [0.1, 0.15) is 11.2 Å². The molecule has 0 heterocycles. The van der Waals surface area contributed by atoms with Gasteiger partial charge in [-0.1, -0.05) is 45.5 Å². The molecule has 0 saturated heterocycles. The third-order valence-corrected chi connectivity index (χ3v) is 9.75. The van der Waals surface area contributed by atoms with Crippen LogP contribution in [0.15, 0.2) is 24.3 Å². The molecule has 1 aromatic rings. The lowest BCUT2D eigenvalue weighted by Crippen LogP contribution is -2.58. The molecule has 1 atom stereocenters. The van der Waals surface area contributed by atoms with Crippen molar-refractivity contribution in [3.63, 3.8) is 0 Å². The van der Waals surface area contributed by atoms with Gasteiger partial charge >= 0.3 is 0 Å². The predicted molar refractivity (Wildman–Crippen MR) is 74.6 cm³/mol. The van der Waals surface area contributed by atoms with Crippen LogP contribution in [-0.2, 0) is 4.79 Å². The zero-order valence-electron chi connectivity index (χ0n) is 11.6. The number of carbonyl (C=O) groups is 1. The average molecular weight is 250 g/mol. The Morgan fingerprint density at radius 3 is 2.18 bits per heavy atom. The van der Waals surface area contributed by atoms with E-state index in [0.29, 0.717) is 5.41 Å². The highest BCUT2D eigenvalue weighted by Crippen LogP contribution is 2.37. The number of rotatable bonds is 3. The Morgan fingerprint density at radius 2 is 1.76 bits per heavy atom. The second-order valence-corrected chi connectivity index (χ2v) is 10.6. The second kappa shape index (κ2) is 4.65. The van der Waals surface area contributed by atoms with Crippen LogP contribution in [0.4, 0.5) is 0 Å². The molecule has 0 spiro atoms. The molecule has 1 unspecified atom stereocenters. The molecule has 1 rings (SSSR count). The molecule has 0 N–H and O–H groups in total. The van der Waals surface area contributed by atoms with Crippen LogP contribution < -0.4 is 9.92 Å². The summed E-state index contributed by atoms with van der Waals surface area (Å²) < 4.78 is 5.42. The predicted octanol–water partition coefficient (Wildman–Crippen LogP) is 2.91. The number of hydrogen-bond donors (Lipinski definition) is 0. The van der Waals surface area contributed by atoms with Crippen molar-refractivity contribution in [1.82, 2.24) is 0 Å². The summed E-state index contributed by atoms with van der Waals surface area (Å²) in [6, 6.07) is 7.91. The van der Waals surface area contributed by atoms with Gasteiger partial charge in [0, 0.05) is 0 Å². The minimum absolute atomic E-state index is 0.0204. The van der Waals surface area contributed by atoms with Gasteiger partial charge in [-0.25, -0.2) is 0 Å². The maximum absolute atomic E-state index is 12.2. The molecule has 0 fully saturated rings. The van der Waals surface area contributed by atoms with Gasteiger partial charge in [-0.15, -0.1) is 0 Å². The molecule has 1 aromatic carbocycles. The van der Waals surface area contributed by atoms with E-state index in [9.17, 15) is 4.79 Å². The Hall–Kier alpha value is -1.09. The van der Waals surface area contributed by atoms with Crippen molar-refractivity contribution >= 4 is 18.7 Å². The minimum atomic E-state index is -2.23. The normalized spacial score (nSPS) is 15.2. The third-order valence-electron chi connectivity index (χ3n) is 3.85. The molecule has 0 aliphatic carbocycles. The Morgan fingerprint density at radius 1 is 1.24 bits per heavy atom. The topological polar surface area (TPSA) is 26.3 Å². The Bertz CT molecular complexity index is 420. The first-order valence-electron chi connectivity index (χ1n) is 5.89. The van der Waals surface area contributed by atoms with Gasteiger partial charge in [-0.2, -0.15) is 0 Å². The molecule has 0 aromatic heterocycles. The molecule has 0 amide bonds. The van der Waals surface area contributed by atoms with Crippen molar-refractivity contribution in [2.24, 2.45) is 0 Å². The molecular weight excluding hydrogens is 228 g/mol. The number of ether oxygens (including phenoxy) is 1. The van der Waals surface area contributed by atoms with E-state index in [0.717, 1.165) is 10.9 Å². The van der Waals surface area contributed by atoms with E-state index in [1.165, 1.54) is 0 Å². The van der Waals surface area contributed by atoms with Crippen molar-refractivity contribution in [1.29, 1.82) is 0 Å². The van der Waals surface area contributed by atoms with Crippen LogP contribution in [0.25, 0.3) is 0 Å². The molecule has 17 heavy (non-hydrogen) atoms. The van der Waals surface area contributed by atoms with Gasteiger partial charge in [-0.05, 0) is 23.2 Å². The number of carbonyl (C=O) groups excluding carboxylic acids is 1. The van der Waals surface area contributed by atoms with Crippen LogP contribution in [-0.4, -0.2) is 20.6 Å². The molecule has 0 bridgehead atoms. The summed E-state index contributed by atoms with van der Waals surface area (Å²) in [5, 5.41) is 1.38. The number of hydrogen-bond acceptors (Lipinski definition) is 2. The molecule has 0 aliphatic rings. The van der Waals surface area contributed by atoms with Gasteiger partial charge < -0.3 is 9.53 Å². The molecule has 0 saturated carbocycles. The van der Waals surface area contributed by atoms with Crippen molar-refractivity contribution in [3.05, 3.63) is 24.3 Å². The van der Waals surface area contributed by atoms with Crippen molar-refractivity contribution in [2.75, 3.05) is 7.11 Å². The van der Waals surface area contributed by atoms with E-state index in [1.807, 2.05) is 24.3 Å². The van der Waals surface area contributed by atoms with Gasteiger partial charge in [0.25, 0.3) is 0 Å². The number of benzene rings is 1. The molecule has 94 valence electrons. The van der Waals surface area contributed by atoms with Crippen LogP contribution >= 0.6 is 0 Å². The minimum Gasteiger partial charge on any atom is -0.497 e. The van der Waals surface area contributed by atoms with Crippen LogP contribution in [0.2, 0.25) is 11.6 Å². The standard InChI is InChI=1S/C14H22O2Si/c1-11(15)17(6,14(2,3)4)13-10-8-7-9-12(13)16-5/h7-10H,1-6H3. The van der Waals surface area contributed by atoms with Gasteiger partial charge in [0.2, 0.25) is 0 Å².